The summed E-state index contributed by atoms with van der Waals surface area (Å²) in [6.07, 6.45) is 0. The number of carbonyl (C=O) groups is 1. The van der Waals surface area contributed by atoms with Gasteiger partial charge in [0.25, 0.3) is 0 Å². The second-order valence-electron chi connectivity index (χ2n) is 5.35. The van der Waals surface area contributed by atoms with Crippen LogP contribution >= 0.6 is 11.6 Å². The van der Waals surface area contributed by atoms with E-state index in [4.69, 9.17) is 16.9 Å². The Kier molecular flexibility index (Phi) is 5.41. The Morgan fingerprint density at radius 1 is 1.50 bits per heavy atom. The van der Waals surface area contributed by atoms with Gasteiger partial charge in [0.15, 0.2) is 0 Å². The summed E-state index contributed by atoms with van der Waals surface area (Å²) in [5, 5.41) is 15.4. The molecule has 0 aliphatic rings. The van der Waals surface area contributed by atoms with Crippen molar-refractivity contribution < 1.29 is 4.79 Å². The minimum absolute atomic E-state index is 0.0272. The van der Waals surface area contributed by atoms with Crippen molar-refractivity contribution in [3.8, 4) is 6.07 Å². The van der Waals surface area contributed by atoms with Gasteiger partial charge in [-0.2, -0.15) is 5.26 Å². The first-order valence-electron chi connectivity index (χ1n) is 6.51. The highest BCUT2D eigenvalue weighted by Crippen LogP contribution is 2.22. The molecule has 0 heterocycles. The first kappa shape index (κ1) is 16.3. The van der Waals surface area contributed by atoms with Crippen LogP contribution in [0.25, 0.3) is 0 Å². The fourth-order valence-electron chi connectivity index (χ4n) is 1.57. The molecule has 0 aromatic heterocycles. The third-order valence-electron chi connectivity index (χ3n) is 3.35. The number of amides is 1. The largest absolute Gasteiger partial charge is 0.375 e. The normalized spacial score (nSPS) is 13.4. The summed E-state index contributed by atoms with van der Waals surface area (Å²) in [7, 11) is 0. The van der Waals surface area contributed by atoms with Crippen LogP contribution in [0.5, 0.6) is 0 Å². The van der Waals surface area contributed by atoms with Gasteiger partial charge in [-0.25, -0.2) is 0 Å². The lowest BCUT2D eigenvalue weighted by Gasteiger charge is -2.27. The molecule has 1 aromatic carbocycles. The molecular formula is C15H20ClN3O. The van der Waals surface area contributed by atoms with E-state index in [0.29, 0.717) is 10.7 Å². The third-order valence-corrected chi connectivity index (χ3v) is 3.66. The van der Waals surface area contributed by atoms with E-state index in [1.54, 1.807) is 6.92 Å². The maximum atomic E-state index is 11.9. The van der Waals surface area contributed by atoms with E-state index in [1.807, 2.05) is 39.0 Å². The average molecular weight is 294 g/mol. The summed E-state index contributed by atoms with van der Waals surface area (Å²) >= 11 is 6.08. The maximum absolute atomic E-state index is 11.9. The lowest BCUT2D eigenvalue weighted by atomic mass is 9.90. The molecule has 0 saturated carbocycles. The zero-order chi connectivity index (χ0) is 15.3. The van der Waals surface area contributed by atoms with E-state index >= 15 is 0 Å². The van der Waals surface area contributed by atoms with Crippen LogP contribution in [0.2, 0.25) is 5.02 Å². The van der Waals surface area contributed by atoms with Gasteiger partial charge < -0.3 is 10.6 Å². The zero-order valence-electron chi connectivity index (χ0n) is 12.2. The van der Waals surface area contributed by atoms with E-state index < -0.39 is 5.54 Å². The predicted molar refractivity (Wildman–Crippen MR) is 81.7 cm³/mol. The Hall–Kier alpha value is -1.73. The van der Waals surface area contributed by atoms with Crippen molar-refractivity contribution in [2.45, 2.75) is 33.2 Å². The lowest BCUT2D eigenvalue weighted by Crippen LogP contribution is -2.50. The molecule has 0 aliphatic carbocycles. The fourth-order valence-corrected chi connectivity index (χ4v) is 1.88. The molecule has 0 aliphatic heterocycles. The summed E-state index contributed by atoms with van der Waals surface area (Å²) in [5.41, 5.74) is 0.896. The Bertz CT molecular complexity index is 536. The second-order valence-corrected chi connectivity index (χ2v) is 5.76. The first-order chi connectivity index (χ1) is 9.28. The quantitative estimate of drug-likeness (QED) is 0.876. The van der Waals surface area contributed by atoms with Crippen LogP contribution in [0, 0.1) is 24.2 Å². The van der Waals surface area contributed by atoms with Crippen molar-refractivity contribution in [3.05, 3.63) is 28.8 Å². The summed E-state index contributed by atoms with van der Waals surface area (Å²) in [4.78, 5) is 11.9. The van der Waals surface area contributed by atoms with Gasteiger partial charge in [0.05, 0.1) is 23.3 Å². The van der Waals surface area contributed by atoms with Gasteiger partial charge in [0.1, 0.15) is 5.54 Å². The van der Waals surface area contributed by atoms with Gasteiger partial charge in [-0.15, -0.1) is 0 Å². The smallest absolute Gasteiger partial charge is 0.240 e. The molecule has 20 heavy (non-hydrogen) atoms. The van der Waals surface area contributed by atoms with E-state index in [9.17, 15) is 4.79 Å². The Morgan fingerprint density at radius 3 is 2.65 bits per heavy atom. The van der Waals surface area contributed by atoms with Crippen molar-refractivity contribution in [2.75, 3.05) is 11.9 Å². The second kappa shape index (κ2) is 6.62. The van der Waals surface area contributed by atoms with Crippen LogP contribution in [-0.2, 0) is 4.79 Å². The number of benzene rings is 1. The molecule has 1 amide bonds. The van der Waals surface area contributed by atoms with Crippen molar-refractivity contribution in [1.82, 2.24) is 5.32 Å². The number of hydrogen-bond donors (Lipinski definition) is 2. The van der Waals surface area contributed by atoms with Crippen molar-refractivity contribution in [2.24, 2.45) is 5.92 Å². The van der Waals surface area contributed by atoms with Gasteiger partial charge in [0, 0.05) is 0 Å². The number of anilines is 1. The molecule has 0 saturated heterocycles. The molecule has 2 N–H and O–H groups in total. The van der Waals surface area contributed by atoms with Crippen LogP contribution in [0.1, 0.15) is 26.3 Å². The van der Waals surface area contributed by atoms with E-state index in [-0.39, 0.29) is 18.4 Å². The van der Waals surface area contributed by atoms with Gasteiger partial charge in [0.2, 0.25) is 5.91 Å². The number of carbonyl (C=O) groups excluding carboxylic acids is 1. The highest BCUT2D eigenvalue weighted by atomic mass is 35.5. The topological polar surface area (TPSA) is 64.9 Å². The average Bonchev–Trinajstić information content (AvgIpc) is 2.37. The van der Waals surface area contributed by atoms with Crippen LogP contribution in [-0.4, -0.2) is 18.0 Å². The number of nitrogens with one attached hydrogen (secondary N) is 2. The van der Waals surface area contributed by atoms with Crippen LogP contribution in [0.3, 0.4) is 0 Å². The molecule has 108 valence electrons. The highest BCUT2D eigenvalue weighted by Gasteiger charge is 2.29. The standard InChI is InChI=1S/C15H20ClN3O/c1-10(2)15(4,9-17)19-14(20)8-18-13-6-5-11(3)7-12(13)16/h5-7,10,18H,8H2,1-4H3,(H,19,20). The van der Waals surface area contributed by atoms with Gasteiger partial charge in [-0.1, -0.05) is 31.5 Å². The predicted octanol–water partition coefficient (Wildman–Crippen LogP) is 3.11. The molecule has 0 spiro atoms. The number of nitrogens with zero attached hydrogens (tertiary/aromatic N) is 1. The molecule has 4 nitrogen and oxygen atoms in total. The van der Waals surface area contributed by atoms with E-state index in [0.717, 1.165) is 5.56 Å². The van der Waals surface area contributed by atoms with Gasteiger partial charge in [-0.3, -0.25) is 4.79 Å². The molecule has 0 radical (unpaired) electrons. The minimum Gasteiger partial charge on any atom is -0.375 e. The van der Waals surface area contributed by atoms with Crippen molar-refractivity contribution in [3.63, 3.8) is 0 Å². The molecule has 1 rings (SSSR count). The summed E-state index contributed by atoms with van der Waals surface area (Å²) in [5.74, 6) is -0.209. The number of aryl methyl sites for hydroxylation is 1. The Balaban J connectivity index is 2.62. The molecule has 1 aromatic rings. The molecule has 1 atom stereocenters. The Labute approximate surface area is 125 Å². The monoisotopic (exact) mass is 293 g/mol. The van der Waals surface area contributed by atoms with E-state index in [2.05, 4.69) is 16.7 Å². The first-order valence-corrected chi connectivity index (χ1v) is 6.88. The molecule has 0 bridgehead atoms. The minimum atomic E-state index is -0.865. The highest BCUT2D eigenvalue weighted by molar-refractivity contribution is 6.33. The third kappa shape index (κ3) is 4.14. The summed E-state index contributed by atoms with van der Waals surface area (Å²) in [6.45, 7) is 7.53. The van der Waals surface area contributed by atoms with Crippen molar-refractivity contribution in [1.29, 1.82) is 5.26 Å². The van der Waals surface area contributed by atoms with Gasteiger partial charge >= 0.3 is 0 Å². The van der Waals surface area contributed by atoms with Crippen molar-refractivity contribution >= 4 is 23.2 Å². The number of rotatable bonds is 5. The van der Waals surface area contributed by atoms with Crippen LogP contribution < -0.4 is 10.6 Å². The number of nitriles is 1. The number of hydrogen-bond acceptors (Lipinski definition) is 3. The lowest BCUT2D eigenvalue weighted by molar-refractivity contribution is -0.121. The molecular weight excluding hydrogens is 274 g/mol. The fraction of sp³-hybridized carbons (Fsp3) is 0.467. The maximum Gasteiger partial charge on any atom is 0.240 e. The zero-order valence-corrected chi connectivity index (χ0v) is 13.0. The Morgan fingerprint density at radius 2 is 2.15 bits per heavy atom. The van der Waals surface area contributed by atoms with Gasteiger partial charge in [-0.05, 0) is 37.5 Å². The number of halogens is 1. The van der Waals surface area contributed by atoms with Crippen LogP contribution in [0.15, 0.2) is 18.2 Å². The SMILES string of the molecule is Cc1ccc(NCC(=O)NC(C)(C#N)C(C)C)c(Cl)c1. The molecule has 0 fully saturated rings. The van der Waals surface area contributed by atoms with Crippen LogP contribution in [0.4, 0.5) is 5.69 Å². The van der Waals surface area contributed by atoms with E-state index in [1.165, 1.54) is 0 Å². The molecule has 1 unspecified atom stereocenters. The summed E-state index contributed by atoms with van der Waals surface area (Å²) in [6, 6.07) is 7.72. The molecule has 5 heteroatoms. The summed E-state index contributed by atoms with van der Waals surface area (Å²) < 4.78 is 0.